The summed E-state index contributed by atoms with van der Waals surface area (Å²) in [5, 5.41) is 0. The highest BCUT2D eigenvalue weighted by atomic mass is 16.5. The molecule has 2 heterocycles. The number of imide groups is 1. The first kappa shape index (κ1) is 23.2. The number of hydrogen-bond acceptors (Lipinski definition) is 4. The number of hydrogen-bond donors (Lipinski definition) is 0. The van der Waals surface area contributed by atoms with E-state index in [0.29, 0.717) is 32.5 Å². The number of amides is 3. The van der Waals surface area contributed by atoms with Crippen molar-refractivity contribution in [3.8, 4) is 0 Å². The average Bonchev–Trinajstić information content (AvgIpc) is 3.03. The number of piperidine rings is 1. The molecular weight excluding hydrogens is 414 g/mol. The number of benzene rings is 2. The Bertz CT molecular complexity index is 953. The minimum Gasteiger partial charge on any atom is -0.385 e. The number of likely N-dealkylation sites (tertiary alicyclic amines) is 1. The zero-order chi connectivity index (χ0) is 23.1. The Kier molecular flexibility index (Phi) is 7.57. The molecule has 0 aliphatic carbocycles. The van der Waals surface area contributed by atoms with Gasteiger partial charge >= 0.3 is 6.03 Å². The number of carbonyl (C=O) groups excluding carboxylic acids is 2. The van der Waals surface area contributed by atoms with E-state index in [2.05, 4.69) is 29.2 Å². The van der Waals surface area contributed by atoms with Gasteiger partial charge in [-0.25, -0.2) is 4.79 Å². The Hall–Kier alpha value is -2.96. The fraction of sp³-hybridized carbons (Fsp3) is 0.407. The zero-order valence-corrected chi connectivity index (χ0v) is 19.4. The number of ether oxygens (including phenoxy) is 1. The second-order valence-electron chi connectivity index (χ2n) is 8.80. The highest BCUT2D eigenvalue weighted by Crippen LogP contribution is 2.38. The molecule has 33 heavy (non-hydrogen) atoms. The molecule has 0 atom stereocenters. The van der Waals surface area contributed by atoms with Crippen LogP contribution >= 0.6 is 0 Å². The Morgan fingerprint density at radius 3 is 2.30 bits per heavy atom. The van der Waals surface area contributed by atoms with Crippen LogP contribution in [0, 0.1) is 0 Å². The van der Waals surface area contributed by atoms with Gasteiger partial charge < -0.3 is 9.64 Å². The summed E-state index contributed by atoms with van der Waals surface area (Å²) in [4.78, 5) is 32.6. The lowest BCUT2D eigenvalue weighted by Crippen LogP contribution is -2.56. The van der Waals surface area contributed by atoms with Crippen LogP contribution in [0.2, 0.25) is 0 Å². The number of carbonyl (C=O) groups is 2. The molecule has 3 amide bonds. The SMILES string of the molecule is COCCCN1C(=O)N(Cc2ccccc2)C(=O)C12CCN(CC=Cc1ccccc1)CC2. The summed E-state index contributed by atoms with van der Waals surface area (Å²) in [7, 11) is 1.66. The smallest absolute Gasteiger partial charge is 0.327 e. The van der Waals surface area contributed by atoms with Gasteiger partial charge in [-0.1, -0.05) is 72.8 Å². The van der Waals surface area contributed by atoms with Crippen LogP contribution in [0.3, 0.4) is 0 Å². The predicted octanol–water partition coefficient (Wildman–Crippen LogP) is 4.04. The second-order valence-corrected chi connectivity index (χ2v) is 8.80. The van der Waals surface area contributed by atoms with Crippen LogP contribution in [-0.4, -0.2) is 72.1 Å². The normalized spacial score (nSPS) is 18.7. The number of methoxy groups -OCH3 is 1. The summed E-state index contributed by atoms with van der Waals surface area (Å²) in [6, 6.07) is 19.8. The second kappa shape index (κ2) is 10.8. The molecule has 2 aliphatic heterocycles. The summed E-state index contributed by atoms with van der Waals surface area (Å²) in [5.41, 5.74) is 1.42. The van der Waals surface area contributed by atoms with Gasteiger partial charge in [0.15, 0.2) is 0 Å². The molecule has 0 unspecified atom stereocenters. The molecule has 0 saturated carbocycles. The van der Waals surface area contributed by atoms with Crippen LogP contribution in [0.5, 0.6) is 0 Å². The maximum Gasteiger partial charge on any atom is 0.327 e. The minimum absolute atomic E-state index is 0.0479. The Morgan fingerprint density at radius 2 is 1.64 bits per heavy atom. The van der Waals surface area contributed by atoms with E-state index < -0.39 is 5.54 Å². The Balaban J connectivity index is 1.44. The van der Waals surface area contributed by atoms with Gasteiger partial charge in [-0.15, -0.1) is 0 Å². The van der Waals surface area contributed by atoms with E-state index in [1.807, 2.05) is 53.4 Å². The molecule has 174 valence electrons. The van der Waals surface area contributed by atoms with Gasteiger partial charge in [-0.3, -0.25) is 14.6 Å². The van der Waals surface area contributed by atoms with Crippen molar-refractivity contribution >= 4 is 18.0 Å². The molecule has 0 bridgehead atoms. The van der Waals surface area contributed by atoms with Gasteiger partial charge in [-0.05, 0) is 30.4 Å². The molecule has 2 aromatic rings. The van der Waals surface area contributed by atoms with E-state index in [0.717, 1.165) is 31.6 Å². The van der Waals surface area contributed by atoms with E-state index in [4.69, 9.17) is 4.74 Å². The maximum absolute atomic E-state index is 13.6. The van der Waals surface area contributed by atoms with Crippen LogP contribution in [-0.2, 0) is 16.1 Å². The molecule has 6 heteroatoms. The van der Waals surface area contributed by atoms with Gasteiger partial charge in [0.05, 0.1) is 6.54 Å². The molecule has 1 spiro atoms. The van der Waals surface area contributed by atoms with Crippen LogP contribution in [0.4, 0.5) is 4.79 Å². The molecular formula is C27H33N3O3. The maximum atomic E-state index is 13.6. The van der Waals surface area contributed by atoms with E-state index >= 15 is 0 Å². The summed E-state index contributed by atoms with van der Waals surface area (Å²) in [6.07, 6.45) is 6.35. The highest BCUT2D eigenvalue weighted by Gasteiger charge is 2.57. The minimum atomic E-state index is -0.737. The molecule has 2 fully saturated rings. The summed E-state index contributed by atoms with van der Waals surface area (Å²) in [6.45, 7) is 3.85. The van der Waals surface area contributed by atoms with Crippen LogP contribution in [0.1, 0.15) is 30.4 Å². The van der Waals surface area contributed by atoms with Crippen molar-refractivity contribution in [2.45, 2.75) is 31.3 Å². The van der Waals surface area contributed by atoms with Crippen LogP contribution in [0.15, 0.2) is 66.7 Å². The Labute approximate surface area is 196 Å². The number of urea groups is 1. The van der Waals surface area contributed by atoms with Crippen LogP contribution in [0.25, 0.3) is 6.08 Å². The molecule has 0 radical (unpaired) electrons. The molecule has 6 nitrogen and oxygen atoms in total. The first-order chi connectivity index (χ1) is 16.1. The Morgan fingerprint density at radius 1 is 0.970 bits per heavy atom. The third-order valence-electron chi connectivity index (χ3n) is 6.69. The van der Waals surface area contributed by atoms with Crippen molar-refractivity contribution in [2.24, 2.45) is 0 Å². The van der Waals surface area contributed by atoms with Crippen molar-refractivity contribution in [1.29, 1.82) is 0 Å². The molecule has 2 aromatic carbocycles. The first-order valence-electron chi connectivity index (χ1n) is 11.7. The fourth-order valence-corrected chi connectivity index (χ4v) is 4.86. The van der Waals surface area contributed by atoms with E-state index in [1.54, 1.807) is 7.11 Å². The first-order valence-corrected chi connectivity index (χ1v) is 11.7. The lowest BCUT2D eigenvalue weighted by molar-refractivity contribution is -0.136. The number of rotatable bonds is 9. The average molecular weight is 448 g/mol. The summed E-state index contributed by atoms with van der Waals surface area (Å²) in [5.74, 6) is -0.0479. The van der Waals surface area contributed by atoms with Crippen LogP contribution < -0.4 is 0 Å². The van der Waals surface area contributed by atoms with E-state index in [-0.39, 0.29) is 11.9 Å². The summed E-state index contributed by atoms with van der Waals surface area (Å²) >= 11 is 0. The third-order valence-corrected chi connectivity index (χ3v) is 6.69. The van der Waals surface area contributed by atoms with Crippen molar-refractivity contribution in [3.63, 3.8) is 0 Å². The molecule has 0 aromatic heterocycles. The quantitative estimate of drug-likeness (QED) is 0.430. The highest BCUT2D eigenvalue weighted by molar-refractivity contribution is 6.07. The zero-order valence-electron chi connectivity index (χ0n) is 19.4. The van der Waals surface area contributed by atoms with Gasteiger partial charge in [0.25, 0.3) is 5.91 Å². The lowest BCUT2D eigenvalue weighted by atomic mass is 9.85. The van der Waals surface area contributed by atoms with E-state index in [9.17, 15) is 9.59 Å². The van der Waals surface area contributed by atoms with Crippen molar-refractivity contribution in [1.82, 2.24) is 14.7 Å². The lowest BCUT2D eigenvalue weighted by Gasteiger charge is -2.42. The topological polar surface area (TPSA) is 53.1 Å². The van der Waals surface area contributed by atoms with Crippen molar-refractivity contribution in [3.05, 3.63) is 77.9 Å². The predicted molar refractivity (Wildman–Crippen MR) is 129 cm³/mol. The van der Waals surface area contributed by atoms with Crippen molar-refractivity contribution in [2.75, 3.05) is 39.9 Å². The fourth-order valence-electron chi connectivity index (χ4n) is 4.86. The third kappa shape index (κ3) is 5.18. The van der Waals surface area contributed by atoms with Gasteiger partial charge in [0, 0.05) is 39.9 Å². The van der Waals surface area contributed by atoms with Gasteiger partial charge in [0.1, 0.15) is 5.54 Å². The molecule has 0 N–H and O–H groups in total. The molecule has 4 rings (SSSR count). The van der Waals surface area contributed by atoms with Crippen molar-refractivity contribution < 1.29 is 14.3 Å². The largest absolute Gasteiger partial charge is 0.385 e. The monoisotopic (exact) mass is 447 g/mol. The standard InChI is InChI=1S/C27H33N3O3/c1-33-21-9-18-30-26(32)29(22-24-12-6-3-7-13-24)25(31)27(30)15-19-28(20-16-27)17-8-14-23-10-4-2-5-11-23/h2-8,10-14H,9,15-22H2,1H3. The molecule has 2 saturated heterocycles. The van der Waals surface area contributed by atoms with Gasteiger partial charge in [0.2, 0.25) is 0 Å². The van der Waals surface area contributed by atoms with Gasteiger partial charge in [-0.2, -0.15) is 0 Å². The van der Waals surface area contributed by atoms with E-state index in [1.165, 1.54) is 10.5 Å². The molecule has 2 aliphatic rings. The summed E-state index contributed by atoms with van der Waals surface area (Å²) < 4.78 is 5.21. The number of nitrogens with zero attached hydrogens (tertiary/aromatic N) is 3.